The van der Waals surface area contributed by atoms with Crippen LogP contribution in [0.4, 0.5) is 0 Å². The lowest BCUT2D eigenvalue weighted by atomic mass is 10.1. The Bertz CT molecular complexity index is 675. The molecule has 0 atom stereocenters. The summed E-state index contributed by atoms with van der Waals surface area (Å²) in [5.41, 5.74) is 1.08. The third kappa shape index (κ3) is 3.34. The van der Waals surface area contributed by atoms with Gasteiger partial charge in [0.05, 0.1) is 11.5 Å². The second kappa shape index (κ2) is 6.27. The Morgan fingerprint density at radius 1 is 1.52 bits per heavy atom. The number of hydrogen-bond donors (Lipinski definition) is 1. The van der Waals surface area contributed by atoms with Gasteiger partial charge in [0.25, 0.3) is 0 Å². The number of ether oxygens (including phenoxy) is 1. The van der Waals surface area contributed by atoms with Crippen LogP contribution < -0.4 is 0 Å². The van der Waals surface area contributed by atoms with Crippen molar-refractivity contribution in [1.82, 2.24) is 4.31 Å². The number of carbonyl (C=O) groups is 1. The van der Waals surface area contributed by atoms with E-state index < -0.39 is 16.0 Å². The summed E-state index contributed by atoms with van der Waals surface area (Å²) in [7, 11) is -2.05. The van der Waals surface area contributed by atoms with Gasteiger partial charge in [0.1, 0.15) is 4.88 Å². The van der Waals surface area contributed by atoms with E-state index in [0.717, 1.165) is 16.9 Å². The molecule has 116 valence electrons. The van der Waals surface area contributed by atoms with Crippen LogP contribution in [0, 0.1) is 6.92 Å². The Balaban J connectivity index is 2.25. The van der Waals surface area contributed by atoms with Gasteiger partial charge in [-0.25, -0.2) is 13.2 Å². The minimum absolute atomic E-state index is 0.0405. The summed E-state index contributed by atoms with van der Waals surface area (Å²) in [6.45, 7) is 2.81. The summed E-state index contributed by atoms with van der Waals surface area (Å²) in [5.74, 6) is -1.11. The highest BCUT2D eigenvalue weighted by Gasteiger charge is 2.29. The molecule has 0 saturated heterocycles. The molecular weight excluding hydrogens is 314 g/mol. The van der Waals surface area contributed by atoms with Crippen LogP contribution in [0.25, 0.3) is 0 Å². The number of sulfonamides is 1. The first kappa shape index (κ1) is 16.2. The van der Waals surface area contributed by atoms with Crippen LogP contribution in [0.2, 0.25) is 0 Å². The molecule has 1 aromatic heterocycles. The Hall–Kier alpha value is -1.22. The number of carboxylic acid groups (broad SMARTS) is 1. The van der Waals surface area contributed by atoms with Crippen LogP contribution in [0.5, 0.6) is 0 Å². The van der Waals surface area contributed by atoms with Gasteiger partial charge in [0.15, 0.2) is 0 Å². The SMILES string of the molecule is COCC1=CCN(S(=O)(=O)c2cc(C(=O)O)sc2C)CC1. The maximum atomic E-state index is 12.6. The van der Waals surface area contributed by atoms with Crippen LogP contribution in [0.1, 0.15) is 21.0 Å². The smallest absolute Gasteiger partial charge is 0.345 e. The van der Waals surface area contributed by atoms with Gasteiger partial charge in [-0.3, -0.25) is 0 Å². The monoisotopic (exact) mass is 331 g/mol. The molecule has 0 aromatic carbocycles. The number of nitrogens with zero attached hydrogens (tertiary/aromatic N) is 1. The predicted molar refractivity (Wildman–Crippen MR) is 79.4 cm³/mol. The van der Waals surface area contributed by atoms with Crippen molar-refractivity contribution >= 4 is 27.3 Å². The van der Waals surface area contributed by atoms with Crippen molar-refractivity contribution in [1.29, 1.82) is 0 Å². The summed E-state index contributed by atoms with van der Waals surface area (Å²) in [5, 5.41) is 8.97. The molecule has 21 heavy (non-hydrogen) atoms. The maximum absolute atomic E-state index is 12.6. The molecular formula is C13H17NO5S2. The summed E-state index contributed by atoms with van der Waals surface area (Å²) < 4.78 is 31.6. The van der Waals surface area contributed by atoms with Crippen LogP contribution in [-0.2, 0) is 14.8 Å². The van der Waals surface area contributed by atoms with Crippen molar-refractivity contribution in [3.05, 3.63) is 27.5 Å². The molecule has 1 aromatic rings. The zero-order valence-electron chi connectivity index (χ0n) is 11.8. The Kier molecular flexibility index (Phi) is 4.82. The van der Waals surface area contributed by atoms with E-state index in [0.29, 0.717) is 31.0 Å². The number of carboxylic acids is 1. The molecule has 1 aliphatic heterocycles. The number of methoxy groups -OCH3 is 1. The average Bonchev–Trinajstić information content (AvgIpc) is 2.83. The Labute approximate surface area is 127 Å². The van der Waals surface area contributed by atoms with Crippen molar-refractivity contribution in [2.45, 2.75) is 18.2 Å². The predicted octanol–water partition coefficient (Wildman–Crippen LogP) is 1.72. The zero-order valence-corrected chi connectivity index (χ0v) is 13.5. The van der Waals surface area contributed by atoms with Gasteiger partial charge in [-0.1, -0.05) is 6.08 Å². The van der Waals surface area contributed by atoms with Gasteiger partial charge in [-0.2, -0.15) is 4.31 Å². The lowest BCUT2D eigenvalue weighted by Crippen LogP contribution is -2.35. The largest absolute Gasteiger partial charge is 0.477 e. The van der Waals surface area contributed by atoms with E-state index in [1.165, 1.54) is 10.4 Å². The Morgan fingerprint density at radius 3 is 2.71 bits per heavy atom. The first-order chi connectivity index (χ1) is 9.86. The van der Waals surface area contributed by atoms with E-state index in [-0.39, 0.29) is 9.77 Å². The number of thiophene rings is 1. The third-order valence-electron chi connectivity index (χ3n) is 3.30. The summed E-state index contributed by atoms with van der Waals surface area (Å²) >= 11 is 0.981. The van der Waals surface area contributed by atoms with E-state index >= 15 is 0 Å². The lowest BCUT2D eigenvalue weighted by Gasteiger charge is -2.25. The standard InChI is InChI=1S/C13H17NO5S2/c1-9-12(7-11(20-9)13(15)16)21(17,18)14-5-3-10(4-6-14)8-19-2/h3,7H,4-6,8H2,1-2H3,(H,15,16). The number of aromatic carboxylic acids is 1. The molecule has 8 heteroatoms. The summed E-state index contributed by atoms with van der Waals surface area (Å²) in [6.07, 6.45) is 2.48. The third-order valence-corrected chi connectivity index (χ3v) is 6.46. The van der Waals surface area contributed by atoms with Gasteiger partial charge < -0.3 is 9.84 Å². The molecule has 2 rings (SSSR count). The molecule has 1 N–H and O–H groups in total. The van der Waals surface area contributed by atoms with Crippen LogP contribution >= 0.6 is 11.3 Å². The number of rotatable bonds is 5. The van der Waals surface area contributed by atoms with Gasteiger partial charge >= 0.3 is 5.97 Å². The molecule has 6 nitrogen and oxygen atoms in total. The van der Waals surface area contributed by atoms with E-state index in [4.69, 9.17) is 9.84 Å². The molecule has 0 amide bonds. The first-order valence-corrected chi connectivity index (χ1v) is 8.62. The van der Waals surface area contributed by atoms with Gasteiger partial charge in [0.2, 0.25) is 10.0 Å². The van der Waals surface area contributed by atoms with Crippen molar-refractivity contribution in [2.24, 2.45) is 0 Å². The second-order valence-corrected chi connectivity index (χ2v) is 7.91. The molecule has 0 aliphatic carbocycles. The lowest BCUT2D eigenvalue weighted by molar-refractivity contribution is 0.0702. The van der Waals surface area contributed by atoms with E-state index in [1.807, 2.05) is 6.08 Å². The number of aryl methyl sites for hydroxylation is 1. The minimum atomic E-state index is -3.65. The van der Waals surface area contributed by atoms with E-state index in [9.17, 15) is 13.2 Å². The normalized spacial score (nSPS) is 16.8. The number of hydrogen-bond acceptors (Lipinski definition) is 5. The summed E-state index contributed by atoms with van der Waals surface area (Å²) in [4.78, 5) is 11.6. The van der Waals surface area contributed by atoms with E-state index in [1.54, 1.807) is 14.0 Å². The first-order valence-electron chi connectivity index (χ1n) is 6.37. The van der Waals surface area contributed by atoms with E-state index in [2.05, 4.69) is 0 Å². The fraction of sp³-hybridized carbons (Fsp3) is 0.462. The average molecular weight is 331 g/mol. The fourth-order valence-electron chi connectivity index (χ4n) is 2.19. The van der Waals surface area contributed by atoms with Crippen LogP contribution in [-0.4, -0.2) is 50.6 Å². The van der Waals surface area contributed by atoms with Gasteiger partial charge in [0, 0.05) is 25.1 Å². The molecule has 0 saturated carbocycles. The quantitative estimate of drug-likeness (QED) is 0.831. The van der Waals surface area contributed by atoms with Crippen molar-refractivity contribution in [3.63, 3.8) is 0 Å². The van der Waals surface area contributed by atoms with Gasteiger partial charge in [-0.05, 0) is 25.0 Å². The van der Waals surface area contributed by atoms with Crippen molar-refractivity contribution < 1.29 is 23.1 Å². The highest BCUT2D eigenvalue weighted by molar-refractivity contribution is 7.89. The van der Waals surface area contributed by atoms with Crippen molar-refractivity contribution in [2.75, 3.05) is 26.8 Å². The Morgan fingerprint density at radius 2 is 2.24 bits per heavy atom. The van der Waals surface area contributed by atoms with Gasteiger partial charge in [-0.15, -0.1) is 11.3 Å². The van der Waals surface area contributed by atoms with Crippen LogP contribution in [0.3, 0.4) is 0 Å². The highest BCUT2D eigenvalue weighted by atomic mass is 32.2. The highest BCUT2D eigenvalue weighted by Crippen LogP contribution is 2.29. The maximum Gasteiger partial charge on any atom is 0.345 e. The molecule has 1 aliphatic rings. The molecule has 0 fully saturated rings. The minimum Gasteiger partial charge on any atom is -0.477 e. The molecule has 0 bridgehead atoms. The zero-order chi connectivity index (χ0) is 15.6. The van der Waals surface area contributed by atoms with Crippen molar-refractivity contribution in [3.8, 4) is 0 Å². The molecule has 2 heterocycles. The second-order valence-electron chi connectivity index (χ2n) is 4.74. The molecule has 0 unspecified atom stereocenters. The molecule has 0 radical (unpaired) electrons. The topological polar surface area (TPSA) is 83.9 Å². The fourth-order valence-corrected chi connectivity index (χ4v) is 4.97. The molecule has 0 spiro atoms. The summed E-state index contributed by atoms with van der Waals surface area (Å²) in [6, 6.07) is 1.24. The van der Waals surface area contributed by atoms with Crippen LogP contribution in [0.15, 0.2) is 22.6 Å².